The maximum absolute atomic E-state index is 12.6. The summed E-state index contributed by atoms with van der Waals surface area (Å²) in [7, 11) is 0. The van der Waals surface area contributed by atoms with Crippen molar-refractivity contribution in [2.24, 2.45) is 0 Å². The van der Waals surface area contributed by atoms with E-state index >= 15 is 0 Å². The standard InChI is InChI=1S/C17H12BrNO/c1-11-4-6-14(18)10-15(11)17(20)13-5-7-16-12(9-13)3-2-8-19-16/h2-10H,1H3. The second-order valence-corrected chi connectivity index (χ2v) is 5.61. The highest BCUT2D eigenvalue weighted by Crippen LogP contribution is 2.21. The van der Waals surface area contributed by atoms with Crippen LogP contribution in [0.25, 0.3) is 10.9 Å². The molecular formula is C17H12BrNO. The van der Waals surface area contributed by atoms with Crippen LogP contribution >= 0.6 is 15.9 Å². The number of aromatic nitrogens is 1. The van der Waals surface area contributed by atoms with E-state index < -0.39 is 0 Å². The number of carbonyl (C=O) groups excluding carboxylic acids is 1. The Morgan fingerprint density at radius 1 is 1.10 bits per heavy atom. The van der Waals surface area contributed by atoms with E-state index in [1.165, 1.54) is 0 Å². The number of hydrogen-bond donors (Lipinski definition) is 0. The van der Waals surface area contributed by atoms with Crippen molar-refractivity contribution in [1.82, 2.24) is 4.98 Å². The number of benzene rings is 2. The Labute approximate surface area is 125 Å². The van der Waals surface area contributed by atoms with Crippen LogP contribution in [0.5, 0.6) is 0 Å². The van der Waals surface area contributed by atoms with E-state index in [0.29, 0.717) is 5.56 Å². The molecule has 0 fully saturated rings. The van der Waals surface area contributed by atoms with Crippen LogP contribution in [0.15, 0.2) is 59.2 Å². The Morgan fingerprint density at radius 3 is 2.80 bits per heavy atom. The van der Waals surface area contributed by atoms with E-state index in [9.17, 15) is 4.79 Å². The summed E-state index contributed by atoms with van der Waals surface area (Å²) in [6.07, 6.45) is 1.75. The van der Waals surface area contributed by atoms with Gasteiger partial charge in [-0.15, -0.1) is 0 Å². The largest absolute Gasteiger partial charge is 0.289 e. The average molecular weight is 326 g/mol. The number of carbonyl (C=O) groups is 1. The molecule has 1 aromatic heterocycles. The maximum Gasteiger partial charge on any atom is 0.193 e. The Hall–Kier alpha value is -2.00. The zero-order valence-corrected chi connectivity index (χ0v) is 12.5. The van der Waals surface area contributed by atoms with Crippen molar-refractivity contribution in [2.45, 2.75) is 6.92 Å². The molecule has 0 radical (unpaired) electrons. The number of rotatable bonds is 2. The fourth-order valence-corrected chi connectivity index (χ4v) is 2.57. The molecule has 0 spiro atoms. The first kappa shape index (κ1) is 13.0. The molecule has 20 heavy (non-hydrogen) atoms. The van der Waals surface area contributed by atoms with Gasteiger partial charge in [-0.3, -0.25) is 9.78 Å². The third kappa shape index (κ3) is 2.37. The SMILES string of the molecule is Cc1ccc(Br)cc1C(=O)c1ccc2ncccc2c1. The molecule has 0 aliphatic rings. The molecule has 0 bridgehead atoms. The van der Waals surface area contributed by atoms with Gasteiger partial charge in [-0.2, -0.15) is 0 Å². The molecule has 3 aromatic rings. The summed E-state index contributed by atoms with van der Waals surface area (Å²) in [6, 6.07) is 15.2. The van der Waals surface area contributed by atoms with Gasteiger partial charge in [0.2, 0.25) is 0 Å². The molecule has 0 aliphatic heterocycles. The number of aryl methyl sites for hydroxylation is 1. The van der Waals surface area contributed by atoms with E-state index in [0.717, 1.165) is 26.5 Å². The second kappa shape index (κ2) is 5.17. The molecule has 0 aliphatic carbocycles. The van der Waals surface area contributed by atoms with Gasteiger partial charge in [0.15, 0.2) is 5.78 Å². The minimum absolute atomic E-state index is 0.0366. The van der Waals surface area contributed by atoms with Crippen LogP contribution < -0.4 is 0 Å². The maximum atomic E-state index is 12.6. The lowest BCUT2D eigenvalue weighted by Gasteiger charge is -2.06. The van der Waals surface area contributed by atoms with Crippen LogP contribution in [0.3, 0.4) is 0 Å². The van der Waals surface area contributed by atoms with Gasteiger partial charge < -0.3 is 0 Å². The highest BCUT2D eigenvalue weighted by molar-refractivity contribution is 9.10. The summed E-state index contributed by atoms with van der Waals surface area (Å²) in [5.74, 6) is 0.0366. The predicted octanol–water partition coefficient (Wildman–Crippen LogP) is 4.54. The van der Waals surface area contributed by atoms with Crippen LogP contribution in [0, 0.1) is 6.92 Å². The predicted molar refractivity (Wildman–Crippen MR) is 84.1 cm³/mol. The smallest absolute Gasteiger partial charge is 0.193 e. The first-order valence-corrected chi connectivity index (χ1v) is 7.10. The minimum atomic E-state index is 0.0366. The van der Waals surface area contributed by atoms with E-state index in [4.69, 9.17) is 0 Å². The van der Waals surface area contributed by atoms with E-state index in [2.05, 4.69) is 20.9 Å². The fourth-order valence-electron chi connectivity index (χ4n) is 2.21. The second-order valence-electron chi connectivity index (χ2n) is 4.70. The highest BCUT2D eigenvalue weighted by atomic mass is 79.9. The van der Waals surface area contributed by atoms with Gasteiger partial charge in [-0.05, 0) is 48.9 Å². The number of halogens is 1. The molecule has 0 amide bonds. The number of hydrogen-bond acceptors (Lipinski definition) is 2. The molecule has 0 saturated carbocycles. The molecule has 0 saturated heterocycles. The van der Waals surface area contributed by atoms with Gasteiger partial charge in [-0.25, -0.2) is 0 Å². The summed E-state index contributed by atoms with van der Waals surface area (Å²) >= 11 is 3.41. The van der Waals surface area contributed by atoms with E-state index in [1.807, 2.05) is 55.5 Å². The molecule has 3 heteroatoms. The van der Waals surface area contributed by atoms with Crippen molar-refractivity contribution >= 4 is 32.6 Å². The van der Waals surface area contributed by atoms with Crippen LogP contribution in [0.4, 0.5) is 0 Å². The third-order valence-electron chi connectivity index (χ3n) is 3.31. The number of nitrogens with zero attached hydrogens (tertiary/aromatic N) is 1. The first-order valence-electron chi connectivity index (χ1n) is 6.31. The van der Waals surface area contributed by atoms with Crippen molar-refractivity contribution in [3.05, 3.63) is 75.9 Å². The fraction of sp³-hybridized carbons (Fsp3) is 0.0588. The van der Waals surface area contributed by atoms with E-state index in [-0.39, 0.29) is 5.78 Å². The monoisotopic (exact) mass is 325 g/mol. The summed E-state index contributed by atoms with van der Waals surface area (Å²) in [4.78, 5) is 16.9. The van der Waals surface area contributed by atoms with Gasteiger partial charge in [-0.1, -0.05) is 28.1 Å². The normalized spacial score (nSPS) is 10.7. The quantitative estimate of drug-likeness (QED) is 0.647. The number of pyridine rings is 1. The Bertz CT molecular complexity index is 811. The zero-order chi connectivity index (χ0) is 14.1. The molecule has 0 atom stereocenters. The van der Waals surface area contributed by atoms with E-state index in [1.54, 1.807) is 6.20 Å². The highest BCUT2D eigenvalue weighted by Gasteiger charge is 2.12. The summed E-state index contributed by atoms with van der Waals surface area (Å²) in [6.45, 7) is 1.95. The van der Waals surface area contributed by atoms with Crippen molar-refractivity contribution in [2.75, 3.05) is 0 Å². The van der Waals surface area contributed by atoms with Crippen LogP contribution in [0.1, 0.15) is 21.5 Å². The zero-order valence-electron chi connectivity index (χ0n) is 10.9. The van der Waals surface area contributed by atoms with Crippen LogP contribution in [-0.4, -0.2) is 10.8 Å². The molecular weight excluding hydrogens is 314 g/mol. The first-order chi connectivity index (χ1) is 9.65. The van der Waals surface area contributed by atoms with Crippen molar-refractivity contribution in [1.29, 1.82) is 0 Å². The molecule has 2 aromatic carbocycles. The van der Waals surface area contributed by atoms with Crippen molar-refractivity contribution in [3.8, 4) is 0 Å². The molecule has 0 unspecified atom stereocenters. The minimum Gasteiger partial charge on any atom is -0.289 e. The molecule has 98 valence electrons. The molecule has 0 N–H and O–H groups in total. The molecule has 2 nitrogen and oxygen atoms in total. The lowest BCUT2D eigenvalue weighted by molar-refractivity contribution is 0.103. The molecule has 3 rings (SSSR count). The average Bonchev–Trinajstić information content (AvgIpc) is 2.48. The van der Waals surface area contributed by atoms with Gasteiger partial charge in [0.1, 0.15) is 0 Å². The third-order valence-corrected chi connectivity index (χ3v) is 3.80. The van der Waals surface area contributed by atoms with Gasteiger partial charge in [0, 0.05) is 27.2 Å². The topological polar surface area (TPSA) is 30.0 Å². The van der Waals surface area contributed by atoms with Crippen molar-refractivity contribution in [3.63, 3.8) is 0 Å². The van der Waals surface area contributed by atoms with Crippen molar-refractivity contribution < 1.29 is 4.79 Å². The summed E-state index contributed by atoms with van der Waals surface area (Å²) in [5, 5.41) is 0.978. The van der Waals surface area contributed by atoms with Gasteiger partial charge in [0.05, 0.1) is 5.52 Å². The Kier molecular flexibility index (Phi) is 3.36. The Balaban J connectivity index is 2.10. The molecule has 1 heterocycles. The van der Waals surface area contributed by atoms with Crippen LogP contribution in [0.2, 0.25) is 0 Å². The van der Waals surface area contributed by atoms with Gasteiger partial charge in [0.25, 0.3) is 0 Å². The van der Waals surface area contributed by atoms with Gasteiger partial charge >= 0.3 is 0 Å². The lowest BCUT2D eigenvalue weighted by atomic mass is 9.98. The summed E-state index contributed by atoms with van der Waals surface area (Å²) < 4.78 is 0.911. The summed E-state index contributed by atoms with van der Waals surface area (Å²) in [5.41, 5.74) is 3.29. The Morgan fingerprint density at radius 2 is 1.95 bits per heavy atom. The lowest BCUT2D eigenvalue weighted by Crippen LogP contribution is -2.03. The number of ketones is 1. The number of fused-ring (bicyclic) bond motifs is 1. The van der Waals surface area contributed by atoms with Crippen LogP contribution in [-0.2, 0) is 0 Å².